The maximum absolute atomic E-state index is 8.56. The molecule has 0 aromatic heterocycles. The van der Waals surface area contributed by atoms with Crippen LogP contribution in [-0.4, -0.2) is 60.0 Å². The molecule has 17 heavy (non-hydrogen) atoms. The van der Waals surface area contributed by atoms with Crippen molar-refractivity contribution in [2.24, 2.45) is 17.2 Å². The lowest BCUT2D eigenvalue weighted by molar-refractivity contribution is 0.137. The molecule has 0 aromatic rings. The van der Waals surface area contributed by atoms with Crippen LogP contribution in [0.1, 0.15) is 19.8 Å². The minimum Gasteiger partial charge on any atom is -0.450 e. The lowest BCUT2D eigenvalue weighted by atomic mass is 10.1. The molecular weight excluding hydrogens is 224 g/mol. The Balaban J connectivity index is 0. The molecule has 0 saturated carbocycles. The number of rotatable bonds is 8. The van der Waals surface area contributed by atoms with Crippen LogP contribution in [0, 0.1) is 0 Å². The zero-order chi connectivity index (χ0) is 13.7. The molecule has 0 saturated heterocycles. The molecule has 0 radical (unpaired) electrons. The third-order valence-corrected chi connectivity index (χ3v) is 2.04. The van der Waals surface area contributed by atoms with Gasteiger partial charge < -0.3 is 27.4 Å². The highest BCUT2D eigenvalue weighted by molar-refractivity contribution is 5.53. The molecule has 8 N–H and O–H groups in total. The lowest BCUT2D eigenvalue weighted by Crippen LogP contribution is -2.42. The fourth-order valence-corrected chi connectivity index (χ4v) is 1.45. The van der Waals surface area contributed by atoms with Crippen LogP contribution in [0.5, 0.6) is 0 Å². The van der Waals surface area contributed by atoms with Gasteiger partial charge in [-0.25, -0.2) is 4.79 Å². The van der Waals surface area contributed by atoms with Crippen LogP contribution in [0.3, 0.4) is 0 Å². The van der Waals surface area contributed by atoms with E-state index in [-0.39, 0.29) is 6.04 Å². The smallest absolute Gasteiger partial charge is 0.450 e. The van der Waals surface area contributed by atoms with Crippen molar-refractivity contribution < 1.29 is 15.0 Å². The molecular formula is C10H26N4O3. The highest BCUT2D eigenvalue weighted by atomic mass is 16.6. The number of hydrogen-bond acceptors (Lipinski definition) is 5. The van der Waals surface area contributed by atoms with Gasteiger partial charge in [0.25, 0.3) is 0 Å². The molecule has 0 bridgehead atoms. The van der Waals surface area contributed by atoms with Gasteiger partial charge in [-0.1, -0.05) is 13.3 Å². The van der Waals surface area contributed by atoms with Crippen LogP contribution in [0.25, 0.3) is 0 Å². The minimum atomic E-state index is -1.83. The van der Waals surface area contributed by atoms with Crippen LogP contribution in [0.4, 0.5) is 4.79 Å². The van der Waals surface area contributed by atoms with Gasteiger partial charge in [0.1, 0.15) is 0 Å². The van der Waals surface area contributed by atoms with E-state index >= 15 is 0 Å². The summed E-state index contributed by atoms with van der Waals surface area (Å²) in [6.45, 7) is 6.22. The van der Waals surface area contributed by atoms with Crippen molar-refractivity contribution in [3.8, 4) is 0 Å². The normalized spacial score (nSPS) is 11.8. The molecule has 0 aliphatic rings. The number of carboxylic acid groups (broad SMARTS) is 2. The van der Waals surface area contributed by atoms with Gasteiger partial charge in [0.15, 0.2) is 0 Å². The second kappa shape index (κ2) is 13.2. The Labute approximate surface area is 103 Å². The van der Waals surface area contributed by atoms with Crippen molar-refractivity contribution >= 4 is 6.16 Å². The van der Waals surface area contributed by atoms with Crippen molar-refractivity contribution in [3.05, 3.63) is 0 Å². The van der Waals surface area contributed by atoms with Crippen molar-refractivity contribution in [1.82, 2.24) is 4.90 Å². The van der Waals surface area contributed by atoms with E-state index in [2.05, 4.69) is 11.8 Å². The van der Waals surface area contributed by atoms with Crippen LogP contribution in [0.15, 0.2) is 0 Å². The van der Waals surface area contributed by atoms with Gasteiger partial charge in [-0.3, -0.25) is 4.90 Å². The first kappa shape index (κ1) is 18.5. The molecule has 7 nitrogen and oxygen atoms in total. The van der Waals surface area contributed by atoms with Gasteiger partial charge in [-0.05, 0) is 6.42 Å². The molecule has 0 amide bonds. The molecule has 7 heteroatoms. The van der Waals surface area contributed by atoms with Gasteiger partial charge in [-0.15, -0.1) is 0 Å². The quantitative estimate of drug-likeness (QED) is 0.393. The molecule has 0 aromatic carbocycles. The van der Waals surface area contributed by atoms with E-state index in [0.717, 1.165) is 32.5 Å². The summed E-state index contributed by atoms with van der Waals surface area (Å²) in [4.78, 5) is 10.8. The Bertz CT molecular complexity index is 171. The van der Waals surface area contributed by atoms with Crippen molar-refractivity contribution in [2.75, 3.05) is 32.7 Å². The number of nitrogens with two attached hydrogens (primary N) is 3. The first-order valence-corrected chi connectivity index (χ1v) is 5.77. The fourth-order valence-electron chi connectivity index (χ4n) is 1.45. The number of hydrogen-bond donors (Lipinski definition) is 5. The second-order valence-electron chi connectivity index (χ2n) is 3.71. The van der Waals surface area contributed by atoms with E-state index in [0.29, 0.717) is 13.1 Å². The van der Waals surface area contributed by atoms with E-state index in [1.165, 1.54) is 0 Å². The van der Waals surface area contributed by atoms with Crippen molar-refractivity contribution in [3.63, 3.8) is 0 Å². The summed E-state index contributed by atoms with van der Waals surface area (Å²) in [5, 5.41) is 13.9. The first-order valence-electron chi connectivity index (χ1n) is 5.77. The van der Waals surface area contributed by atoms with Crippen LogP contribution in [-0.2, 0) is 0 Å². The first-order chi connectivity index (χ1) is 7.97. The highest BCUT2D eigenvalue weighted by Crippen LogP contribution is 1.96. The molecule has 0 aliphatic carbocycles. The summed E-state index contributed by atoms with van der Waals surface area (Å²) >= 11 is 0. The standard InChI is InChI=1S/C9H24N4.CH2O3/c1-2-3-9(12)8-13(6-4-10)7-5-11;2-1(3)4/h9H,2-8,10-12H2,1H3;(H2,2,3,4). The molecule has 0 heterocycles. The van der Waals surface area contributed by atoms with Gasteiger partial charge in [0.2, 0.25) is 0 Å². The Kier molecular flexibility index (Phi) is 14.3. The Morgan fingerprint density at radius 1 is 1.24 bits per heavy atom. The average Bonchev–Trinajstić information content (AvgIpc) is 2.17. The topological polar surface area (TPSA) is 139 Å². The SMILES string of the molecule is CCCC(N)CN(CCN)CCN.O=C(O)O. The Morgan fingerprint density at radius 3 is 1.94 bits per heavy atom. The predicted octanol–water partition coefficient (Wildman–Crippen LogP) is -0.444. The Hall–Kier alpha value is -0.890. The highest BCUT2D eigenvalue weighted by Gasteiger charge is 2.07. The van der Waals surface area contributed by atoms with Crippen molar-refractivity contribution in [2.45, 2.75) is 25.8 Å². The molecule has 1 unspecified atom stereocenters. The number of nitrogens with zero attached hydrogens (tertiary/aromatic N) is 1. The van der Waals surface area contributed by atoms with E-state index in [1.807, 2.05) is 0 Å². The summed E-state index contributed by atoms with van der Waals surface area (Å²) in [6, 6.07) is 0.267. The molecule has 0 rings (SSSR count). The monoisotopic (exact) mass is 250 g/mol. The van der Waals surface area contributed by atoms with E-state index < -0.39 is 6.16 Å². The van der Waals surface area contributed by atoms with E-state index in [9.17, 15) is 0 Å². The third kappa shape index (κ3) is 17.7. The predicted molar refractivity (Wildman–Crippen MR) is 68.1 cm³/mol. The molecule has 104 valence electrons. The zero-order valence-corrected chi connectivity index (χ0v) is 10.5. The van der Waals surface area contributed by atoms with Crippen LogP contribution < -0.4 is 17.2 Å². The summed E-state index contributed by atoms with van der Waals surface area (Å²) < 4.78 is 0. The molecule has 0 aliphatic heterocycles. The van der Waals surface area contributed by atoms with E-state index in [4.69, 9.17) is 32.2 Å². The van der Waals surface area contributed by atoms with Gasteiger partial charge in [0, 0.05) is 38.8 Å². The van der Waals surface area contributed by atoms with Gasteiger partial charge in [0.05, 0.1) is 0 Å². The zero-order valence-electron chi connectivity index (χ0n) is 10.5. The molecule has 1 atom stereocenters. The third-order valence-electron chi connectivity index (χ3n) is 2.04. The van der Waals surface area contributed by atoms with E-state index in [1.54, 1.807) is 0 Å². The van der Waals surface area contributed by atoms with Gasteiger partial charge >= 0.3 is 6.16 Å². The molecule has 0 fully saturated rings. The summed E-state index contributed by atoms with van der Waals surface area (Å²) in [5.41, 5.74) is 16.9. The minimum absolute atomic E-state index is 0.267. The molecule has 0 spiro atoms. The largest absolute Gasteiger partial charge is 0.503 e. The Morgan fingerprint density at radius 2 is 1.65 bits per heavy atom. The second-order valence-corrected chi connectivity index (χ2v) is 3.71. The summed E-state index contributed by atoms with van der Waals surface area (Å²) in [7, 11) is 0. The van der Waals surface area contributed by atoms with Gasteiger partial charge in [-0.2, -0.15) is 0 Å². The lowest BCUT2D eigenvalue weighted by Gasteiger charge is -2.24. The maximum atomic E-state index is 8.56. The summed E-state index contributed by atoms with van der Waals surface area (Å²) in [5.74, 6) is 0. The number of carbonyl (C=O) groups is 1. The van der Waals surface area contributed by atoms with Crippen LogP contribution >= 0.6 is 0 Å². The maximum Gasteiger partial charge on any atom is 0.503 e. The average molecular weight is 250 g/mol. The van der Waals surface area contributed by atoms with Crippen LogP contribution in [0.2, 0.25) is 0 Å². The summed E-state index contributed by atoms with van der Waals surface area (Å²) in [6.07, 6.45) is 0.381. The van der Waals surface area contributed by atoms with Crippen molar-refractivity contribution in [1.29, 1.82) is 0 Å². The fraction of sp³-hybridized carbons (Fsp3) is 0.900.